The molecule has 0 atom stereocenters. The third kappa shape index (κ3) is 6.78. The second kappa shape index (κ2) is 9.31. The lowest BCUT2D eigenvalue weighted by atomic mass is 10.1. The molecule has 2 rings (SSSR count). The van der Waals surface area contributed by atoms with Crippen molar-refractivity contribution in [2.75, 3.05) is 36.5 Å². The maximum atomic E-state index is 13.2. The first kappa shape index (κ1) is 22.7. The van der Waals surface area contributed by atoms with Crippen molar-refractivity contribution in [1.82, 2.24) is 4.90 Å². The maximum absolute atomic E-state index is 13.2. The molecule has 0 aromatic heterocycles. The zero-order valence-corrected chi connectivity index (χ0v) is 18.9. The first-order valence-electron chi connectivity index (χ1n) is 9.60. The molecule has 0 heterocycles. The van der Waals surface area contributed by atoms with E-state index in [1.165, 1.54) is 0 Å². The fourth-order valence-corrected chi connectivity index (χ4v) is 3.81. The van der Waals surface area contributed by atoms with Crippen molar-refractivity contribution in [1.29, 1.82) is 0 Å². The first-order valence-corrected chi connectivity index (χ1v) is 11.5. The van der Waals surface area contributed by atoms with E-state index in [2.05, 4.69) is 18.6 Å². The molecule has 1 N–H and O–H groups in total. The van der Waals surface area contributed by atoms with Gasteiger partial charge in [-0.1, -0.05) is 31.5 Å². The summed E-state index contributed by atoms with van der Waals surface area (Å²) in [5.41, 5.74) is 4.00. The Morgan fingerprint density at radius 1 is 1.10 bits per heavy atom. The molecule has 2 aromatic carbocycles. The quantitative estimate of drug-likeness (QED) is 0.710. The first-order chi connectivity index (χ1) is 13.5. The number of hydrogen-bond donors (Lipinski definition) is 1. The van der Waals surface area contributed by atoms with Crippen LogP contribution in [-0.4, -0.2) is 46.1 Å². The van der Waals surface area contributed by atoms with Gasteiger partial charge in [-0.05, 0) is 48.7 Å². The highest BCUT2D eigenvalue weighted by atomic mass is 32.2. The Balaban J connectivity index is 2.43. The third-order valence-corrected chi connectivity index (χ3v) is 4.97. The number of nitrogens with zero attached hydrogens (tertiary/aromatic N) is 2. The minimum absolute atomic E-state index is 0.0337. The van der Waals surface area contributed by atoms with Crippen LogP contribution in [-0.2, 0) is 16.6 Å². The van der Waals surface area contributed by atoms with Crippen LogP contribution in [0.25, 0.3) is 0 Å². The van der Waals surface area contributed by atoms with E-state index in [1.54, 1.807) is 12.1 Å². The average molecular weight is 418 g/mol. The molecule has 7 heteroatoms. The Morgan fingerprint density at radius 2 is 1.79 bits per heavy atom. The van der Waals surface area contributed by atoms with Crippen molar-refractivity contribution in [2.24, 2.45) is 5.92 Å². The topological polar surface area (TPSA) is 69.7 Å². The lowest BCUT2D eigenvalue weighted by molar-refractivity contribution is 0.0723. The van der Waals surface area contributed by atoms with E-state index in [4.69, 9.17) is 0 Å². The fourth-order valence-electron chi connectivity index (χ4n) is 3.25. The van der Waals surface area contributed by atoms with E-state index in [0.717, 1.165) is 23.1 Å². The number of aryl methyl sites for hydroxylation is 1. The lowest BCUT2D eigenvalue weighted by Gasteiger charge is -2.28. The Bertz CT molecular complexity index is 969. The van der Waals surface area contributed by atoms with E-state index in [-0.39, 0.29) is 5.91 Å². The van der Waals surface area contributed by atoms with Crippen molar-refractivity contribution in [2.45, 2.75) is 27.3 Å². The molecule has 6 nitrogen and oxygen atoms in total. The van der Waals surface area contributed by atoms with Gasteiger partial charge in [-0.25, -0.2) is 8.42 Å². The van der Waals surface area contributed by atoms with Gasteiger partial charge in [0, 0.05) is 44.1 Å². The van der Waals surface area contributed by atoms with Crippen LogP contribution in [0.2, 0.25) is 0 Å². The second-order valence-electron chi connectivity index (χ2n) is 8.06. The SMILES string of the molecule is Cc1cccc(C(=O)N(Cc2cc(NS(C)(=O)=O)ccc2N(C)C)CC(C)C)c1. The normalized spacial score (nSPS) is 11.4. The maximum Gasteiger partial charge on any atom is 0.254 e. The average Bonchev–Trinajstić information content (AvgIpc) is 2.58. The summed E-state index contributed by atoms with van der Waals surface area (Å²) in [5.74, 6) is 0.262. The van der Waals surface area contributed by atoms with Gasteiger partial charge in [0.1, 0.15) is 0 Å². The molecule has 0 spiro atoms. The van der Waals surface area contributed by atoms with Crippen LogP contribution in [0.1, 0.15) is 35.3 Å². The fraction of sp³-hybridized carbons (Fsp3) is 0.409. The van der Waals surface area contributed by atoms with Gasteiger partial charge >= 0.3 is 0 Å². The largest absolute Gasteiger partial charge is 0.377 e. The summed E-state index contributed by atoms with van der Waals surface area (Å²) >= 11 is 0. The third-order valence-electron chi connectivity index (χ3n) is 4.36. The molecule has 0 bridgehead atoms. The predicted molar refractivity (Wildman–Crippen MR) is 120 cm³/mol. The number of carbonyl (C=O) groups is 1. The molecule has 2 aromatic rings. The molecule has 0 aliphatic rings. The number of anilines is 2. The summed E-state index contributed by atoms with van der Waals surface area (Å²) in [5, 5.41) is 0. The molecule has 0 unspecified atom stereocenters. The number of carbonyl (C=O) groups excluding carboxylic acids is 1. The number of benzene rings is 2. The number of amides is 1. The molecule has 0 fully saturated rings. The van der Waals surface area contributed by atoms with Gasteiger partial charge in [-0.2, -0.15) is 0 Å². The van der Waals surface area contributed by atoms with Gasteiger partial charge in [0.25, 0.3) is 5.91 Å². The summed E-state index contributed by atoms with van der Waals surface area (Å²) in [4.78, 5) is 17.0. The number of rotatable bonds is 8. The smallest absolute Gasteiger partial charge is 0.254 e. The summed E-state index contributed by atoms with van der Waals surface area (Å²) in [6, 6.07) is 13.0. The predicted octanol–water partition coefficient (Wildman–Crippen LogP) is 3.73. The summed E-state index contributed by atoms with van der Waals surface area (Å²) in [6.07, 6.45) is 1.12. The molecule has 0 aliphatic carbocycles. The molecular weight excluding hydrogens is 386 g/mol. The zero-order chi connectivity index (χ0) is 21.8. The van der Waals surface area contributed by atoms with Crippen LogP contribution in [0.5, 0.6) is 0 Å². The standard InChI is InChI=1S/C22H31N3O3S/c1-16(2)14-25(22(26)18-9-7-8-17(3)12-18)15-19-13-20(23-29(6,27)28)10-11-21(19)24(4)5/h7-13,16,23H,14-15H2,1-6H3. The molecule has 0 radical (unpaired) electrons. The van der Waals surface area contributed by atoms with Gasteiger partial charge in [-0.15, -0.1) is 0 Å². The Kier molecular flexibility index (Phi) is 7.30. The number of sulfonamides is 1. The zero-order valence-electron chi connectivity index (χ0n) is 18.1. The van der Waals surface area contributed by atoms with Crippen LogP contribution in [0.15, 0.2) is 42.5 Å². The van der Waals surface area contributed by atoms with E-state index in [1.807, 2.05) is 61.2 Å². The minimum atomic E-state index is -3.38. The molecule has 0 saturated heterocycles. The van der Waals surface area contributed by atoms with Gasteiger partial charge < -0.3 is 9.80 Å². The number of nitrogens with one attached hydrogen (secondary N) is 1. The van der Waals surface area contributed by atoms with E-state index >= 15 is 0 Å². The van der Waals surface area contributed by atoms with Gasteiger partial charge in [0.15, 0.2) is 0 Å². The van der Waals surface area contributed by atoms with Crippen LogP contribution >= 0.6 is 0 Å². The van der Waals surface area contributed by atoms with E-state index in [0.29, 0.717) is 30.3 Å². The highest BCUT2D eigenvalue weighted by molar-refractivity contribution is 7.92. The summed E-state index contributed by atoms with van der Waals surface area (Å²) in [7, 11) is 0.474. The van der Waals surface area contributed by atoms with Crippen molar-refractivity contribution in [3.8, 4) is 0 Å². The Hall–Kier alpha value is -2.54. The van der Waals surface area contributed by atoms with Crippen molar-refractivity contribution < 1.29 is 13.2 Å². The highest BCUT2D eigenvalue weighted by Gasteiger charge is 2.20. The van der Waals surface area contributed by atoms with Crippen LogP contribution in [0.4, 0.5) is 11.4 Å². The molecular formula is C22H31N3O3S. The van der Waals surface area contributed by atoms with Gasteiger partial charge in [0.05, 0.1) is 6.26 Å². The molecule has 0 saturated carbocycles. The number of hydrogen-bond acceptors (Lipinski definition) is 4. The van der Waals surface area contributed by atoms with Crippen molar-refractivity contribution in [3.05, 3.63) is 59.2 Å². The Labute approximate surface area is 174 Å². The summed E-state index contributed by atoms with van der Waals surface area (Å²) in [6.45, 7) is 7.10. The monoisotopic (exact) mass is 417 g/mol. The van der Waals surface area contributed by atoms with Gasteiger partial charge in [-0.3, -0.25) is 9.52 Å². The molecule has 1 amide bonds. The highest BCUT2D eigenvalue weighted by Crippen LogP contribution is 2.26. The minimum Gasteiger partial charge on any atom is -0.377 e. The second-order valence-corrected chi connectivity index (χ2v) is 9.81. The van der Waals surface area contributed by atoms with Gasteiger partial charge in [0.2, 0.25) is 10.0 Å². The van der Waals surface area contributed by atoms with Crippen molar-refractivity contribution >= 4 is 27.3 Å². The molecule has 29 heavy (non-hydrogen) atoms. The van der Waals surface area contributed by atoms with Crippen LogP contribution < -0.4 is 9.62 Å². The van der Waals surface area contributed by atoms with Crippen LogP contribution in [0.3, 0.4) is 0 Å². The van der Waals surface area contributed by atoms with Crippen LogP contribution in [0, 0.1) is 12.8 Å². The molecule has 0 aliphatic heterocycles. The lowest BCUT2D eigenvalue weighted by Crippen LogP contribution is -2.34. The van der Waals surface area contributed by atoms with E-state index in [9.17, 15) is 13.2 Å². The van der Waals surface area contributed by atoms with Crippen molar-refractivity contribution in [3.63, 3.8) is 0 Å². The summed E-state index contributed by atoms with van der Waals surface area (Å²) < 4.78 is 25.8. The van der Waals surface area contributed by atoms with E-state index < -0.39 is 10.0 Å². The Morgan fingerprint density at radius 3 is 2.34 bits per heavy atom. The molecule has 158 valence electrons.